The van der Waals surface area contributed by atoms with E-state index in [0.717, 1.165) is 0 Å². The number of hydrogen-bond donors (Lipinski definition) is 2. The van der Waals surface area contributed by atoms with Gasteiger partial charge in [0.25, 0.3) is 0 Å². The first-order valence-electron chi connectivity index (χ1n) is 7.15. The first-order chi connectivity index (χ1) is 11.6. The minimum atomic E-state index is -0.805. The summed E-state index contributed by atoms with van der Waals surface area (Å²) in [5.74, 6) is -1.26. The van der Waals surface area contributed by atoms with Crippen molar-refractivity contribution in [2.24, 2.45) is 0 Å². The van der Waals surface area contributed by atoms with E-state index in [1.54, 1.807) is 30.3 Å². The first-order valence-corrected chi connectivity index (χ1v) is 7.15. The predicted molar refractivity (Wildman–Crippen MR) is 82.9 cm³/mol. The van der Waals surface area contributed by atoms with Gasteiger partial charge in [-0.1, -0.05) is 30.3 Å². The second-order valence-electron chi connectivity index (χ2n) is 5.03. The van der Waals surface area contributed by atoms with E-state index >= 15 is 0 Å². The number of benzene rings is 1. The van der Waals surface area contributed by atoms with Crippen molar-refractivity contribution in [2.75, 3.05) is 7.11 Å². The largest absolute Gasteiger partial charge is 0.464 e. The van der Waals surface area contributed by atoms with Gasteiger partial charge >= 0.3 is 12.0 Å². The molecular formula is C17H14N2O5. The predicted octanol–water partition coefficient (Wildman–Crippen LogP) is 1.94. The maximum Gasteiger partial charge on any atom is 0.355 e. The number of urea groups is 1. The second kappa shape index (κ2) is 6.41. The zero-order valence-corrected chi connectivity index (χ0v) is 12.7. The second-order valence-corrected chi connectivity index (χ2v) is 5.03. The number of ketones is 1. The molecule has 0 fully saturated rings. The molecule has 0 bridgehead atoms. The summed E-state index contributed by atoms with van der Waals surface area (Å²) in [6.07, 6.45) is 1.36. The molecule has 1 unspecified atom stereocenters. The van der Waals surface area contributed by atoms with Crippen molar-refractivity contribution >= 4 is 17.8 Å². The molecule has 0 spiro atoms. The Balaban J connectivity index is 2.17. The number of esters is 1. The number of carbonyl (C=O) groups is 3. The lowest BCUT2D eigenvalue weighted by Crippen LogP contribution is -2.47. The van der Waals surface area contributed by atoms with Crippen molar-refractivity contribution < 1.29 is 23.5 Å². The van der Waals surface area contributed by atoms with Gasteiger partial charge in [0.2, 0.25) is 5.78 Å². The molecule has 0 aliphatic carbocycles. The third kappa shape index (κ3) is 2.79. The molecule has 1 aromatic carbocycles. The average Bonchev–Trinajstić information content (AvgIpc) is 3.15. The lowest BCUT2D eigenvalue weighted by atomic mass is 9.91. The molecule has 1 atom stereocenters. The van der Waals surface area contributed by atoms with E-state index in [1.807, 2.05) is 6.07 Å². The molecule has 1 aliphatic heterocycles. The normalized spacial score (nSPS) is 17.0. The van der Waals surface area contributed by atoms with E-state index in [2.05, 4.69) is 10.6 Å². The Morgan fingerprint density at radius 3 is 2.50 bits per heavy atom. The highest BCUT2D eigenvalue weighted by Crippen LogP contribution is 2.29. The monoisotopic (exact) mass is 326 g/mol. The van der Waals surface area contributed by atoms with Crippen LogP contribution in [-0.2, 0) is 9.53 Å². The van der Waals surface area contributed by atoms with Gasteiger partial charge in [0.15, 0.2) is 5.76 Å². The van der Waals surface area contributed by atoms with Crippen LogP contribution >= 0.6 is 0 Å². The van der Waals surface area contributed by atoms with Crippen molar-refractivity contribution in [3.05, 3.63) is 71.3 Å². The number of Topliss-reactive ketones (excluding diaryl/α,β-unsaturated/α-hetero) is 1. The summed E-state index contributed by atoms with van der Waals surface area (Å²) >= 11 is 0. The Bertz CT molecular complexity index is 809. The van der Waals surface area contributed by atoms with Gasteiger partial charge in [-0.2, -0.15) is 0 Å². The molecule has 7 nitrogen and oxygen atoms in total. The molecule has 0 saturated carbocycles. The molecule has 1 aromatic heterocycles. The lowest BCUT2D eigenvalue weighted by molar-refractivity contribution is -0.136. The van der Waals surface area contributed by atoms with Crippen molar-refractivity contribution in [1.29, 1.82) is 0 Å². The number of methoxy groups -OCH3 is 1. The number of amides is 2. The summed E-state index contributed by atoms with van der Waals surface area (Å²) in [5, 5.41) is 5.01. The SMILES string of the molecule is COC(=O)C1=C(C(=O)c2ccco2)C(c2ccccc2)NC(=O)N1. The van der Waals surface area contributed by atoms with Gasteiger partial charge in [0.1, 0.15) is 5.70 Å². The lowest BCUT2D eigenvalue weighted by Gasteiger charge is -2.28. The summed E-state index contributed by atoms with van der Waals surface area (Å²) in [7, 11) is 1.18. The number of rotatable bonds is 4. The summed E-state index contributed by atoms with van der Waals surface area (Å²) in [4.78, 5) is 36.8. The summed E-state index contributed by atoms with van der Waals surface area (Å²) < 4.78 is 9.84. The van der Waals surface area contributed by atoms with Crippen LogP contribution in [0.3, 0.4) is 0 Å². The maximum absolute atomic E-state index is 12.8. The van der Waals surface area contributed by atoms with E-state index in [4.69, 9.17) is 9.15 Å². The zero-order chi connectivity index (χ0) is 17.1. The molecule has 122 valence electrons. The minimum absolute atomic E-state index is 0.0580. The molecule has 0 radical (unpaired) electrons. The number of hydrogen-bond acceptors (Lipinski definition) is 5. The molecule has 1 aliphatic rings. The fourth-order valence-electron chi connectivity index (χ4n) is 2.51. The zero-order valence-electron chi connectivity index (χ0n) is 12.7. The highest BCUT2D eigenvalue weighted by atomic mass is 16.5. The van der Waals surface area contributed by atoms with Gasteiger partial charge in [-0.3, -0.25) is 4.79 Å². The Kier molecular flexibility index (Phi) is 4.15. The van der Waals surface area contributed by atoms with Crippen LogP contribution in [0.2, 0.25) is 0 Å². The van der Waals surface area contributed by atoms with Crippen LogP contribution in [0.15, 0.2) is 64.4 Å². The van der Waals surface area contributed by atoms with E-state index in [1.165, 1.54) is 19.4 Å². The highest BCUT2D eigenvalue weighted by Gasteiger charge is 2.37. The third-order valence-corrected chi connectivity index (χ3v) is 3.58. The summed E-state index contributed by atoms with van der Waals surface area (Å²) in [5.41, 5.74) is 0.516. The van der Waals surface area contributed by atoms with E-state index in [-0.39, 0.29) is 17.0 Å². The van der Waals surface area contributed by atoms with Gasteiger partial charge in [0, 0.05) is 0 Å². The van der Waals surface area contributed by atoms with Crippen LogP contribution in [0.4, 0.5) is 4.79 Å². The van der Waals surface area contributed by atoms with E-state index in [0.29, 0.717) is 5.56 Å². The van der Waals surface area contributed by atoms with E-state index < -0.39 is 23.8 Å². The molecule has 2 aromatic rings. The minimum Gasteiger partial charge on any atom is -0.464 e. The van der Waals surface area contributed by atoms with Crippen molar-refractivity contribution in [3.8, 4) is 0 Å². The molecule has 24 heavy (non-hydrogen) atoms. The number of nitrogens with one attached hydrogen (secondary N) is 2. The van der Waals surface area contributed by atoms with Crippen LogP contribution in [0.1, 0.15) is 22.2 Å². The summed E-state index contributed by atoms with van der Waals surface area (Å²) in [6.45, 7) is 0. The molecule has 2 heterocycles. The van der Waals surface area contributed by atoms with Gasteiger partial charge in [-0.15, -0.1) is 0 Å². The van der Waals surface area contributed by atoms with Crippen LogP contribution in [-0.4, -0.2) is 24.9 Å². The Hall–Kier alpha value is -3.35. The fraction of sp³-hybridized carbons (Fsp3) is 0.118. The van der Waals surface area contributed by atoms with Gasteiger partial charge in [0.05, 0.1) is 25.0 Å². The first kappa shape index (κ1) is 15.5. The average molecular weight is 326 g/mol. The van der Waals surface area contributed by atoms with Gasteiger partial charge in [-0.05, 0) is 17.7 Å². The Morgan fingerprint density at radius 2 is 1.88 bits per heavy atom. The highest BCUT2D eigenvalue weighted by molar-refractivity contribution is 6.14. The van der Waals surface area contributed by atoms with Crippen LogP contribution < -0.4 is 10.6 Å². The molecule has 2 N–H and O–H groups in total. The number of ether oxygens (including phenoxy) is 1. The number of carbonyl (C=O) groups excluding carboxylic acids is 3. The van der Waals surface area contributed by atoms with Crippen LogP contribution in [0.5, 0.6) is 0 Å². The quantitative estimate of drug-likeness (QED) is 0.661. The maximum atomic E-state index is 12.8. The topological polar surface area (TPSA) is 97.6 Å². The Morgan fingerprint density at radius 1 is 1.12 bits per heavy atom. The van der Waals surface area contributed by atoms with Crippen molar-refractivity contribution in [3.63, 3.8) is 0 Å². The fourth-order valence-corrected chi connectivity index (χ4v) is 2.51. The summed E-state index contributed by atoms with van der Waals surface area (Å²) in [6, 6.07) is 10.5. The van der Waals surface area contributed by atoms with Crippen molar-refractivity contribution in [1.82, 2.24) is 10.6 Å². The number of furan rings is 1. The molecule has 7 heteroatoms. The van der Waals surface area contributed by atoms with Gasteiger partial charge in [-0.25, -0.2) is 9.59 Å². The Labute approximate surface area is 137 Å². The van der Waals surface area contributed by atoms with Crippen LogP contribution in [0, 0.1) is 0 Å². The van der Waals surface area contributed by atoms with Gasteiger partial charge < -0.3 is 19.8 Å². The molecule has 2 amide bonds. The smallest absolute Gasteiger partial charge is 0.355 e. The van der Waals surface area contributed by atoms with Crippen LogP contribution in [0.25, 0.3) is 0 Å². The molecule has 3 rings (SSSR count). The molecular weight excluding hydrogens is 312 g/mol. The molecule has 0 saturated heterocycles. The van der Waals surface area contributed by atoms with E-state index in [9.17, 15) is 14.4 Å². The standard InChI is InChI=1S/C17H14N2O5/c1-23-16(21)14-12(15(20)11-8-5-9-24-11)13(18-17(22)19-14)10-6-3-2-4-7-10/h2-9,13H,1H3,(H2,18,19,22). The van der Waals surface area contributed by atoms with Crippen molar-refractivity contribution in [2.45, 2.75) is 6.04 Å². The third-order valence-electron chi connectivity index (χ3n) is 3.58.